The Morgan fingerprint density at radius 1 is 1.28 bits per heavy atom. The number of nitrogens with zero attached hydrogens (tertiary/aromatic N) is 1. The molecule has 2 aromatic rings. The lowest BCUT2D eigenvalue weighted by Gasteiger charge is -2.25. The van der Waals surface area contributed by atoms with Gasteiger partial charge in [0.2, 0.25) is 0 Å². The summed E-state index contributed by atoms with van der Waals surface area (Å²) in [4.78, 5) is 14.7. The van der Waals surface area contributed by atoms with Crippen LogP contribution in [0.25, 0.3) is 5.57 Å². The van der Waals surface area contributed by atoms with Gasteiger partial charge >= 0.3 is 5.97 Å². The van der Waals surface area contributed by atoms with Gasteiger partial charge in [0, 0.05) is 35.6 Å². The third-order valence-corrected chi connectivity index (χ3v) is 6.15. The normalized spacial score (nSPS) is 15.1. The lowest BCUT2D eigenvalue weighted by molar-refractivity contribution is -0.133. The number of aliphatic carboxylic acids is 1. The minimum atomic E-state index is -0.818. The highest BCUT2D eigenvalue weighted by Gasteiger charge is 2.18. The molecule has 29 heavy (non-hydrogen) atoms. The smallest absolute Gasteiger partial charge is 0.332 e. The average molecular weight is 414 g/mol. The Hall–Kier alpha value is -2.57. The largest absolute Gasteiger partial charge is 0.497 e. The van der Waals surface area contributed by atoms with Crippen LogP contribution >= 0.6 is 11.3 Å². The van der Waals surface area contributed by atoms with Crippen molar-refractivity contribution in [2.24, 2.45) is 0 Å². The van der Waals surface area contributed by atoms with E-state index >= 15 is 0 Å². The molecule has 1 N–H and O–H groups in total. The first-order valence-corrected chi connectivity index (χ1v) is 10.5. The second-order valence-electron chi connectivity index (χ2n) is 7.00. The number of methoxy groups -OCH3 is 2. The molecule has 0 amide bonds. The summed E-state index contributed by atoms with van der Waals surface area (Å²) in [5, 5.41) is 11.3. The van der Waals surface area contributed by atoms with E-state index in [0.29, 0.717) is 12.1 Å². The minimum absolute atomic E-state index is 0.490. The lowest BCUT2D eigenvalue weighted by Crippen LogP contribution is -2.32. The number of carbonyl (C=O) groups is 1. The maximum absolute atomic E-state index is 11.3. The van der Waals surface area contributed by atoms with Crippen LogP contribution in [0.5, 0.6) is 11.5 Å². The number of carboxylic acid groups (broad SMARTS) is 1. The molecule has 2 heterocycles. The number of carboxylic acids is 1. The van der Waals surface area contributed by atoms with E-state index in [0.717, 1.165) is 48.6 Å². The second kappa shape index (κ2) is 9.76. The van der Waals surface area contributed by atoms with Crippen LogP contribution in [0.2, 0.25) is 0 Å². The highest BCUT2D eigenvalue weighted by Crippen LogP contribution is 2.37. The van der Waals surface area contributed by atoms with Crippen molar-refractivity contribution in [3.63, 3.8) is 0 Å². The van der Waals surface area contributed by atoms with Crippen molar-refractivity contribution in [3.05, 3.63) is 63.4 Å². The van der Waals surface area contributed by atoms with Gasteiger partial charge in [-0.25, -0.2) is 4.79 Å². The minimum Gasteiger partial charge on any atom is -0.497 e. The third-order valence-electron chi connectivity index (χ3n) is 5.10. The van der Waals surface area contributed by atoms with E-state index in [1.165, 1.54) is 10.4 Å². The molecule has 0 fully saturated rings. The van der Waals surface area contributed by atoms with Gasteiger partial charge in [0.05, 0.1) is 14.2 Å². The Labute approximate surface area is 175 Å². The molecule has 3 rings (SSSR count). The Morgan fingerprint density at radius 3 is 2.76 bits per heavy atom. The fourth-order valence-corrected chi connectivity index (χ4v) is 4.52. The molecule has 0 radical (unpaired) electrons. The molecule has 0 bridgehead atoms. The number of aryl methyl sites for hydroxylation is 1. The van der Waals surface area contributed by atoms with E-state index in [4.69, 9.17) is 9.47 Å². The first-order valence-electron chi connectivity index (χ1n) is 9.65. The van der Waals surface area contributed by atoms with Crippen molar-refractivity contribution in [3.8, 4) is 11.5 Å². The summed E-state index contributed by atoms with van der Waals surface area (Å²) in [6.07, 6.45) is 5.66. The lowest BCUT2D eigenvalue weighted by atomic mass is 9.99. The molecule has 1 aliphatic heterocycles. The number of benzene rings is 1. The van der Waals surface area contributed by atoms with Gasteiger partial charge in [0.15, 0.2) is 0 Å². The van der Waals surface area contributed by atoms with E-state index in [2.05, 4.69) is 29.3 Å². The number of hydrogen-bond acceptors (Lipinski definition) is 5. The molecule has 0 saturated carbocycles. The van der Waals surface area contributed by atoms with Gasteiger partial charge in [0.1, 0.15) is 11.5 Å². The molecule has 0 saturated heterocycles. The summed E-state index contributed by atoms with van der Waals surface area (Å²) in [7, 11) is 3.34. The molecule has 0 unspecified atom stereocenters. The predicted molar refractivity (Wildman–Crippen MR) is 117 cm³/mol. The number of thiophene rings is 1. The van der Waals surface area contributed by atoms with Crippen LogP contribution in [0, 0.1) is 6.92 Å². The van der Waals surface area contributed by atoms with Crippen LogP contribution in [0.15, 0.2) is 47.4 Å². The monoisotopic (exact) mass is 413 g/mol. The molecule has 154 valence electrons. The fourth-order valence-electron chi connectivity index (χ4n) is 3.54. The van der Waals surface area contributed by atoms with Crippen molar-refractivity contribution in [2.45, 2.75) is 19.8 Å². The highest BCUT2D eigenvalue weighted by atomic mass is 32.1. The molecule has 6 heteroatoms. The molecule has 0 atom stereocenters. The van der Waals surface area contributed by atoms with Gasteiger partial charge < -0.3 is 14.6 Å². The SMILES string of the molecule is COc1ccc(OC)c(C(=CCCN2CCC=C(C(=O)O)C2)c2sccc2C)c1. The first-order chi connectivity index (χ1) is 14.0. The van der Waals surface area contributed by atoms with E-state index < -0.39 is 5.97 Å². The van der Waals surface area contributed by atoms with Crippen molar-refractivity contribution in [1.29, 1.82) is 0 Å². The Morgan fingerprint density at radius 2 is 2.10 bits per heavy atom. The van der Waals surface area contributed by atoms with Crippen molar-refractivity contribution >= 4 is 22.9 Å². The van der Waals surface area contributed by atoms with Crippen LogP contribution in [-0.2, 0) is 4.79 Å². The Bertz CT molecular complexity index is 929. The van der Waals surface area contributed by atoms with E-state index in [1.54, 1.807) is 25.6 Å². The average Bonchev–Trinajstić information content (AvgIpc) is 3.16. The molecule has 1 aliphatic rings. The standard InChI is InChI=1S/C23H27NO4S/c1-16-10-13-29-22(16)19(20-14-18(27-2)8-9-21(20)28-3)7-5-12-24-11-4-6-17(15-24)23(25)26/h6-10,13-14H,4-5,11-12,15H2,1-3H3,(H,25,26). The summed E-state index contributed by atoms with van der Waals surface area (Å²) in [6, 6.07) is 7.96. The zero-order valence-electron chi connectivity index (χ0n) is 17.1. The van der Waals surface area contributed by atoms with Crippen LogP contribution in [0.3, 0.4) is 0 Å². The van der Waals surface area contributed by atoms with E-state index in [1.807, 2.05) is 24.3 Å². The molecule has 5 nitrogen and oxygen atoms in total. The summed E-state index contributed by atoms with van der Waals surface area (Å²) >= 11 is 1.71. The van der Waals surface area contributed by atoms with Crippen molar-refractivity contribution in [1.82, 2.24) is 4.90 Å². The quantitative estimate of drug-likeness (QED) is 0.685. The van der Waals surface area contributed by atoms with Crippen LogP contribution < -0.4 is 9.47 Å². The Kier molecular flexibility index (Phi) is 7.12. The van der Waals surface area contributed by atoms with Gasteiger partial charge in [-0.05, 0) is 60.5 Å². The number of ether oxygens (including phenoxy) is 2. The number of rotatable bonds is 8. The van der Waals surface area contributed by atoms with E-state index in [-0.39, 0.29) is 0 Å². The summed E-state index contributed by atoms with van der Waals surface area (Å²) < 4.78 is 11.1. The molecule has 1 aromatic heterocycles. The van der Waals surface area contributed by atoms with Crippen molar-refractivity contribution < 1.29 is 19.4 Å². The maximum Gasteiger partial charge on any atom is 0.332 e. The van der Waals surface area contributed by atoms with Gasteiger partial charge in [-0.1, -0.05) is 12.2 Å². The summed E-state index contributed by atoms with van der Waals surface area (Å²) in [5.41, 5.74) is 3.84. The topological polar surface area (TPSA) is 59.0 Å². The van der Waals surface area contributed by atoms with Gasteiger partial charge in [-0.2, -0.15) is 0 Å². The van der Waals surface area contributed by atoms with Gasteiger partial charge in [-0.3, -0.25) is 4.90 Å². The van der Waals surface area contributed by atoms with Gasteiger partial charge in [-0.15, -0.1) is 11.3 Å². The van der Waals surface area contributed by atoms with Crippen LogP contribution in [0.4, 0.5) is 0 Å². The molecule has 1 aromatic carbocycles. The van der Waals surface area contributed by atoms with Crippen LogP contribution in [0.1, 0.15) is 28.8 Å². The second-order valence-corrected chi connectivity index (χ2v) is 7.92. The Balaban J connectivity index is 1.87. The van der Waals surface area contributed by atoms with Crippen LogP contribution in [-0.4, -0.2) is 49.8 Å². The number of hydrogen-bond donors (Lipinski definition) is 1. The van der Waals surface area contributed by atoms with Crippen molar-refractivity contribution in [2.75, 3.05) is 33.9 Å². The zero-order valence-corrected chi connectivity index (χ0v) is 17.9. The molecular formula is C23H27NO4S. The maximum atomic E-state index is 11.3. The molecule has 0 spiro atoms. The predicted octanol–water partition coefficient (Wildman–Crippen LogP) is 4.61. The fraction of sp³-hybridized carbons (Fsp3) is 0.348. The zero-order chi connectivity index (χ0) is 20.8. The highest BCUT2D eigenvalue weighted by molar-refractivity contribution is 7.11. The first kappa shape index (κ1) is 21.1. The van der Waals surface area contributed by atoms with E-state index in [9.17, 15) is 9.90 Å². The van der Waals surface area contributed by atoms with Gasteiger partial charge in [0.25, 0.3) is 0 Å². The molecule has 0 aliphatic carbocycles. The summed E-state index contributed by atoms with van der Waals surface area (Å²) in [5.74, 6) is 0.772. The summed E-state index contributed by atoms with van der Waals surface area (Å²) in [6.45, 7) is 4.31. The third kappa shape index (κ3) is 5.08. The molecular weight excluding hydrogens is 386 g/mol.